The number of carbonyl (C=O) groups excluding carboxylic acids is 3. The molecule has 0 spiro atoms. The van der Waals surface area contributed by atoms with Crippen LogP contribution in [-0.4, -0.2) is 66.5 Å². The Morgan fingerprint density at radius 2 is 0.697 bits per heavy atom. The van der Waals surface area contributed by atoms with Crippen molar-refractivity contribution in [3.63, 3.8) is 0 Å². The average Bonchev–Trinajstić information content (AvgIpc) is 3.41. The van der Waals surface area contributed by atoms with Gasteiger partial charge in [-0.2, -0.15) is 0 Å². The summed E-state index contributed by atoms with van der Waals surface area (Å²) in [6, 6.07) is 0. The van der Waals surface area contributed by atoms with Crippen LogP contribution < -0.4 is 0 Å². The van der Waals surface area contributed by atoms with Gasteiger partial charge < -0.3 is 24.2 Å². The molecule has 0 bridgehead atoms. The quantitative estimate of drug-likeness (QED) is 0.0197. The molecule has 12 heteroatoms. The van der Waals surface area contributed by atoms with Crippen LogP contribution in [0, 0.1) is 0 Å². The van der Waals surface area contributed by atoms with Gasteiger partial charge in [0.05, 0.1) is 26.2 Å². The van der Waals surface area contributed by atoms with Crippen molar-refractivity contribution >= 4 is 25.7 Å². The van der Waals surface area contributed by atoms with Gasteiger partial charge in [-0.25, -0.2) is 4.57 Å². The summed E-state index contributed by atoms with van der Waals surface area (Å²) in [5, 5.41) is 9.82. The Balaban J connectivity index is 4.92. The summed E-state index contributed by atoms with van der Waals surface area (Å²) in [5.41, 5.74) is 0. The lowest BCUT2D eigenvalue weighted by molar-refractivity contribution is -0.161. The highest BCUT2D eigenvalue weighted by molar-refractivity contribution is 7.47. The second-order valence-corrected chi connectivity index (χ2v) is 19.4. The van der Waals surface area contributed by atoms with Gasteiger partial charge in [0.2, 0.25) is 0 Å². The Kier molecular flexibility index (Phi) is 52.7. The van der Waals surface area contributed by atoms with Crippen molar-refractivity contribution in [2.24, 2.45) is 0 Å². The minimum Gasteiger partial charge on any atom is -0.461 e. The molecule has 3 unspecified atom stereocenters. The predicted octanol–water partition coefficient (Wildman–Crippen LogP) is 16.9. The van der Waals surface area contributed by atoms with Crippen LogP contribution in [0.5, 0.6) is 0 Å². The number of unbranched alkanes of at least 4 members (excludes halogenated alkanes) is 8. The van der Waals surface area contributed by atoms with Gasteiger partial charge in [0, 0.05) is 12.8 Å². The molecule has 0 aromatic rings. The molecule has 2 N–H and O–H groups in total. The Bertz CT molecular complexity index is 1880. The lowest BCUT2D eigenvalue weighted by Gasteiger charge is -2.21. The van der Waals surface area contributed by atoms with Crippen LogP contribution in [0.25, 0.3) is 0 Å². The first-order valence-electron chi connectivity index (χ1n) is 28.4. The Hall–Kier alpha value is -4.90. The van der Waals surface area contributed by atoms with Crippen molar-refractivity contribution in [2.75, 3.05) is 26.4 Å². The molecule has 426 valence electrons. The lowest BCUT2D eigenvalue weighted by Crippen LogP contribution is -2.30. The number of aliphatic hydroxyl groups excluding tert-OH is 1. The first kappa shape index (κ1) is 71.1. The Labute approximate surface area is 460 Å². The number of ether oxygens (including phenoxy) is 3. The highest BCUT2D eigenvalue weighted by Gasteiger charge is 2.28. The van der Waals surface area contributed by atoms with E-state index in [1.165, 1.54) is 6.42 Å². The molecule has 0 aliphatic rings. The average molecular weight is 1080 g/mol. The molecule has 0 fully saturated rings. The van der Waals surface area contributed by atoms with Gasteiger partial charge in [-0.15, -0.1) is 0 Å². The van der Waals surface area contributed by atoms with Gasteiger partial charge in [-0.3, -0.25) is 23.4 Å². The molecule has 0 radical (unpaired) electrons. The maximum absolute atomic E-state index is 12.9. The van der Waals surface area contributed by atoms with Crippen molar-refractivity contribution < 1.29 is 52.2 Å². The maximum Gasteiger partial charge on any atom is 0.472 e. The van der Waals surface area contributed by atoms with Crippen LogP contribution >= 0.6 is 7.82 Å². The third-order valence-electron chi connectivity index (χ3n) is 11.0. The van der Waals surface area contributed by atoms with Crippen molar-refractivity contribution in [1.82, 2.24) is 0 Å². The van der Waals surface area contributed by atoms with E-state index in [2.05, 4.69) is 148 Å². The fourth-order valence-electron chi connectivity index (χ4n) is 6.77. The summed E-state index contributed by atoms with van der Waals surface area (Å²) < 4.78 is 39.3. The van der Waals surface area contributed by atoms with Crippen LogP contribution in [0.3, 0.4) is 0 Å². The van der Waals surface area contributed by atoms with Gasteiger partial charge in [-0.05, 0) is 116 Å². The lowest BCUT2D eigenvalue weighted by atomic mass is 10.1. The van der Waals surface area contributed by atoms with E-state index >= 15 is 0 Å². The van der Waals surface area contributed by atoms with Crippen LogP contribution in [0.1, 0.15) is 188 Å². The number of hydrogen-bond donors (Lipinski definition) is 2. The van der Waals surface area contributed by atoms with Gasteiger partial charge in [0.15, 0.2) is 6.10 Å². The standard InChI is InChI=1S/C64H99O11P/c1-4-7-10-13-16-19-22-25-28-30-33-36-39-42-45-48-51-54-63(67)74-60(56-65)58-72-76(69,70)73-59-61(57-71-62(66)53-50-47-44-41-38-35-32-27-24-21-18-15-12-9-6-3)75-64(68)55-52-49-46-43-40-37-34-31-29-26-23-20-17-14-11-8-5-2/h7-12,16-21,25-29,32,34,37-38,41,43,46-47,50,60-61,65H,4-6,13-15,22-24,30-31,33,35-36,39-40,42,44-45,48-49,51-59H2,1-3H3,(H,69,70)/b10-7-,11-8-,12-9-,19-16-,20-17-,21-18-,28-25-,29-26-,32-27-,37-34-,41-38-,46-43-,50-47-. The second kappa shape index (κ2) is 56.3. The van der Waals surface area contributed by atoms with E-state index in [4.69, 9.17) is 23.3 Å². The number of phosphoric ester groups is 1. The highest BCUT2D eigenvalue weighted by Crippen LogP contribution is 2.43. The van der Waals surface area contributed by atoms with E-state index in [1.807, 2.05) is 24.3 Å². The molecule has 0 rings (SSSR count). The van der Waals surface area contributed by atoms with Crippen LogP contribution in [0.15, 0.2) is 158 Å². The molecule has 0 aliphatic heterocycles. The van der Waals surface area contributed by atoms with E-state index in [1.54, 1.807) is 6.08 Å². The normalized spacial score (nSPS) is 14.5. The highest BCUT2D eigenvalue weighted by atomic mass is 31.2. The molecule has 76 heavy (non-hydrogen) atoms. The number of esters is 3. The first-order chi connectivity index (χ1) is 37.2. The zero-order valence-corrected chi connectivity index (χ0v) is 47.8. The summed E-state index contributed by atoms with van der Waals surface area (Å²) >= 11 is 0. The van der Waals surface area contributed by atoms with E-state index in [0.717, 1.165) is 116 Å². The fraction of sp³-hybridized carbons (Fsp3) is 0.547. The molecule has 3 atom stereocenters. The van der Waals surface area contributed by atoms with Crippen molar-refractivity contribution in [3.8, 4) is 0 Å². The van der Waals surface area contributed by atoms with Crippen LogP contribution in [-0.2, 0) is 42.2 Å². The number of carbonyl (C=O) groups is 3. The van der Waals surface area contributed by atoms with E-state index in [-0.39, 0.29) is 19.3 Å². The fourth-order valence-corrected chi connectivity index (χ4v) is 7.56. The summed E-state index contributed by atoms with van der Waals surface area (Å²) in [5.74, 6) is -1.72. The monoisotopic (exact) mass is 1070 g/mol. The van der Waals surface area contributed by atoms with Crippen molar-refractivity contribution in [1.29, 1.82) is 0 Å². The Morgan fingerprint density at radius 3 is 1.11 bits per heavy atom. The summed E-state index contributed by atoms with van der Waals surface area (Å²) in [6.07, 6.45) is 73.8. The molecule has 0 saturated heterocycles. The van der Waals surface area contributed by atoms with E-state index < -0.39 is 64.4 Å². The molecular formula is C64H99O11P. The minimum atomic E-state index is -4.80. The number of aliphatic hydroxyl groups is 1. The third kappa shape index (κ3) is 53.9. The smallest absolute Gasteiger partial charge is 0.461 e. The summed E-state index contributed by atoms with van der Waals surface area (Å²) in [6.45, 7) is 4.09. The first-order valence-corrected chi connectivity index (χ1v) is 29.9. The number of phosphoric acid groups is 1. The van der Waals surface area contributed by atoms with Gasteiger partial charge in [-0.1, -0.05) is 211 Å². The maximum atomic E-state index is 12.9. The van der Waals surface area contributed by atoms with Gasteiger partial charge in [0.25, 0.3) is 0 Å². The van der Waals surface area contributed by atoms with Crippen molar-refractivity contribution in [2.45, 2.75) is 200 Å². The predicted molar refractivity (Wildman–Crippen MR) is 315 cm³/mol. The summed E-state index contributed by atoms with van der Waals surface area (Å²) in [7, 11) is -4.80. The minimum absolute atomic E-state index is 0.0275. The Morgan fingerprint density at radius 1 is 0.382 bits per heavy atom. The molecule has 11 nitrogen and oxygen atoms in total. The number of allylic oxidation sites excluding steroid dienone is 25. The molecule has 0 amide bonds. The molecule has 0 saturated carbocycles. The van der Waals surface area contributed by atoms with E-state index in [9.17, 15) is 28.9 Å². The van der Waals surface area contributed by atoms with Gasteiger partial charge >= 0.3 is 25.7 Å². The third-order valence-corrected chi connectivity index (χ3v) is 11.9. The number of hydrogen-bond acceptors (Lipinski definition) is 10. The van der Waals surface area contributed by atoms with Crippen LogP contribution in [0.4, 0.5) is 0 Å². The summed E-state index contributed by atoms with van der Waals surface area (Å²) in [4.78, 5) is 48.5. The zero-order chi connectivity index (χ0) is 55.5. The molecular weight excluding hydrogens is 976 g/mol. The molecule has 0 aliphatic carbocycles. The van der Waals surface area contributed by atoms with Gasteiger partial charge in [0.1, 0.15) is 12.7 Å². The zero-order valence-electron chi connectivity index (χ0n) is 46.9. The SMILES string of the molecule is CC/C=C\C/C=C\C/C=C\C/C=C\C/C=C\CCCC(=O)OC(COC(=O)C/C=C\C/C=C\C/C=C\C/C=C\C/C=C\CC)COP(=O)(O)OCC(CO)OC(=O)CCCCCCCCC/C=C\C/C=C\C/C=C\CC. The second-order valence-electron chi connectivity index (χ2n) is 18.0. The number of rotatable bonds is 50. The topological polar surface area (TPSA) is 155 Å². The van der Waals surface area contributed by atoms with E-state index in [0.29, 0.717) is 25.7 Å². The van der Waals surface area contributed by atoms with Crippen molar-refractivity contribution in [3.05, 3.63) is 158 Å². The molecule has 0 heterocycles. The molecule has 0 aromatic carbocycles. The molecule has 0 aromatic heterocycles. The van der Waals surface area contributed by atoms with Crippen LogP contribution in [0.2, 0.25) is 0 Å². The largest absolute Gasteiger partial charge is 0.472 e.